The van der Waals surface area contributed by atoms with Gasteiger partial charge in [-0.05, 0) is 31.2 Å². The van der Waals surface area contributed by atoms with Crippen LogP contribution in [-0.2, 0) is 14.2 Å². The van der Waals surface area contributed by atoms with Crippen molar-refractivity contribution in [2.24, 2.45) is 0 Å². The number of fused-ring (bicyclic) bond motifs is 1. The minimum Gasteiger partial charge on any atom is -0.508 e. The molecule has 5 rings (SSSR count). The molecule has 42 heavy (non-hydrogen) atoms. The zero-order valence-electron chi connectivity index (χ0n) is 21.9. The van der Waals surface area contributed by atoms with E-state index >= 15 is 0 Å². The molecule has 0 amide bonds. The van der Waals surface area contributed by atoms with Crippen LogP contribution in [0.3, 0.4) is 0 Å². The van der Waals surface area contributed by atoms with Gasteiger partial charge in [0.2, 0.25) is 17.5 Å². The van der Waals surface area contributed by atoms with Gasteiger partial charge in [0.05, 0.1) is 12.7 Å². The first-order chi connectivity index (χ1) is 19.9. The molecular formula is C27H30O15. The van der Waals surface area contributed by atoms with E-state index in [-0.39, 0.29) is 28.0 Å². The highest BCUT2D eigenvalue weighted by Gasteiger charge is 2.51. The van der Waals surface area contributed by atoms with Crippen molar-refractivity contribution in [2.45, 2.75) is 68.3 Å². The van der Waals surface area contributed by atoms with Gasteiger partial charge in [-0.1, -0.05) is 0 Å². The standard InChI is InChI=1S/C27H30O15/c1-9-17(32)21(36)25(42-26-22(37)20(35)18(33)15(8-28)40-26)27(38-9)41-24-19(34)16-13(31)6-12(30)7-14(16)39-23(24)10-2-4-11(29)5-3-10/h2-7,9,15,17-18,20-22,25-33,35-37H,8H2,1H3/t9-,15+,17-,18+,20-,21+,22+,25+,26-,27+/m0/s1. The van der Waals surface area contributed by atoms with Crippen LogP contribution in [0.25, 0.3) is 22.3 Å². The quantitative estimate of drug-likeness (QED) is 0.159. The number of aliphatic hydroxyl groups excluding tert-OH is 6. The SMILES string of the molecule is C[C@@H]1O[C@H](Oc2c(-c3ccc(O)cc3)oc3cc(O)cc(O)c3c2=O)[C@H](O[C@@H]2O[C@H](CO)[C@@H](O)[C@H](O)[C@H]2O)[C@H](O)[C@H]1O. The molecule has 2 aliphatic heterocycles. The second-order valence-corrected chi connectivity index (χ2v) is 10.1. The molecular weight excluding hydrogens is 564 g/mol. The average molecular weight is 595 g/mol. The maximum Gasteiger partial charge on any atom is 0.239 e. The Balaban J connectivity index is 1.58. The van der Waals surface area contributed by atoms with Crippen molar-refractivity contribution in [1.29, 1.82) is 0 Å². The molecule has 9 N–H and O–H groups in total. The van der Waals surface area contributed by atoms with E-state index in [1.807, 2.05) is 0 Å². The predicted octanol–water partition coefficient (Wildman–Crippen LogP) is -1.39. The van der Waals surface area contributed by atoms with Gasteiger partial charge in [0.15, 0.2) is 18.2 Å². The Kier molecular flexibility index (Phi) is 8.30. The van der Waals surface area contributed by atoms with Gasteiger partial charge in [0.25, 0.3) is 0 Å². The fraction of sp³-hybridized carbons (Fsp3) is 0.444. The molecule has 0 aliphatic carbocycles. The normalized spacial score (nSPS) is 33.5. The second-order valence-electron chi connectivity index (χ2n) is 10.1. The zero-order chi connectivity index (χ0) is 30.5. The maximum atomic E-state index is 13.7. The average Bonchev–Trinajstić information content (AvgIpc) is 2.95. The molecule has 3 aromatic rings. The molecule has 2 aliphatic rings. The third-order valence-corrected chi connectivity index (χ3v) is 7.21. The van der Waals surface area contributed by atoms with Crippen LogP contribution >= 0.6 is 0 Å². The summed E-state index contributed by atoms with van der Waals surface area (Å²) < 4.78 is 28.5. The molecule has 0 unspecified atom stereocenters. The van der Waals surface area contributed by atoms with Gasteiger partial charge in [0, 0.05) is 17.7 Å². The summed E-state index contributed by atoms with van der Waals surface area (Å²) in [5, 5.41) is 91.4. The van der Waals surface area contributed by atoms with Gasteiger partial charge < -0.3 is 69.3 Å². The van der Waals surface area contributed by atoms with Crippen molar-refractivity contribution in [2.75, 3.05) is 6.61 Å². The topological polar surface area (TPSA) is 249 Å². The minimum atomic E-state index is -1.88. The molecule has 228 valence electrons. The first kappa shape index (κ1) is 30.0. The van der Waals surface area contributed by atoms with Crippen molar-refractivity contribution >= 4 is 11.0 Å². The van der Waals surface area contributed by atoms with E-state index < -0.39 is 90.7 Å². The van der Waals surface area contributed by atoms with Gasteiger partial charge in [-0.25, -0.2) is 0 Å². The Morgan fingerprint density at radius 1 is 0.810 bits per heavy atom. The Morgan fingerprint density at radius 3 is 2.17 bits per heavy atom. The van der Waals surface area contributed by atoms with Gasteiger partial charge >= 0.3 is 0 Å². The van der Waals surface area contributed by atoms with Crippen LogP contribution in [-0.4, -0.2) is 114 Å². The Hall–Kier alpha value is -3.51. The molecule has 0 spiro atoms. The van der Waals surface area contributed by atoms with Crippen LogP contribution in [0.5, 0.6) is 23.0 Å². The lowest BCUT2D eigenvalue weighted by atomic mass is 9.97. The maximum absolute atomic E-state index is 13.7. The van der Waals surface area contributed by atoms with Crippen LogP contribution < -0.4 is 10.2 Å². The summed E-state index contributed by atoms with van der Waals surface area (Å²) in [6, 6.07) is 7.38. The van der Waals surface area contributed by atoms with Gasteiger partial charge in [-0.15, -0.1) is 0 Å². The van der Waals surface area contributed by atoms with Crippen LogP contribution in [0.2, 0.25) is 0 Å². The van der Waals surface area contributed by atoms with E-state index in [1.165, 1.54) is 31.2 Å². The minimum absolute atomic E-state index is 0.103. The van der Waals surface area contributed by atoms with E-state index in [0.29, 0.717) is 0 Å². The molecule has 2 saturated heterocycles. The van der Waals surface area contributed by atoms with E-state index in [4.69, 9.17) is 23.4 Å². The third-order valence-electron chi connectivity index (χ3n) is 7.21. The number of phenolic OH excluding ortho intramolecular Hbond substituents is 3. The molecule has 1 aromatic heterocycles. The Labute approximate surface area is 236 Å². The lowest BCUT2D eigenvalue weighted by molar-refractivity contribution is -0.355. The summed E-state index contributed by atoms with van der Waals surface area (Å²) in [5.74, 6) is -1.93. The van der Waals surface area contributed by atoms with Crippen LogP contribution in [0.1, 0.15) is 6.92 Å². The second kappa shape index (κ2) is 11.6. The highest BCUT2D eigenvalue weighted by Crippen LogP contribution is 2.38. The number of rotatable bonds is 6. The lowest BCUT2D eigenvalue weighted by Crippen LogP contribution is -2.64. The molecule has 2 fully saturated rings. The largest absolute Gasteiger partial charge is 0.508 e. The Morgan fingerprint density at radius 2 is 1.50 bits per heavy atom. The molecule has 2 aromatic carbocycles. The summed E-state index contributed by atoms with van der Waals surface area (Å²) in [4.78, 5) is 13.7. The highest BCUT2D eigenvalue weighted by molar-refractivity contribution is 5.88. The highest BCUT2D eigenvalue weighted by atomic mass is 16.8. The van der Waals surface area contributed by atoms with E-state index in [2.05, 4.69) is 0 Å². The number of phenols is 3. The number of benzene rings is 2. The number of aromatic hydroxyl groups is 3. The van der Waals surface area contributed by atoms with Crippen molar-refractivity contribution in [3.05, 3.63) is 46.6 Å². The molecule has 15 heteroatoms. The number of aliphatic hydroxyl groups is 6. The van der Waals surface area contributed by atoms with E-state index in [1.54, 1.807) is 0 Å². The van der Waals surface area contributed by atoms with Crippen LogP contribution in [0.4, 0.5) is 0 Å². The van der Waals surface area contributed by atoms with Crippen LogP contribution in [0.15, 0.2) is 45.6 Å². The Bertz CT molecular complexity index is 1470. The fourth-order valence-corrected chi connectivity index (χ4v) is 4.87. The predicted molar refractivity (Wildman–Crippen MR) is 139 cm³/mol. The van der Waals surface area contributed by atoms with Crippen molar-refractivity contribution in [3.63, 3.8) is 0 Å². The van der Waals surface area contributed by atoms with E-state index in [9.17, 15) is 50.8 Å². The summed E-state index contributed by atoms with van der Waals surface area (Å²) >= 11 is 0. The van der Waals surface area contributed by atoms with Gasteiger partial charge in [-0.2, -0.15) is 0 Å². The van der Waals surface area contributed by atoms with Crippen molar-refractivity contribution < 1.29 is 69.3 Å². The molecule has 3 heterocycles. The lowest BCUT2D eigenvalue weighted by Gasteiger charge is -2.45. The third kappa shape index (κ3) is 5.37. The van der Waals surface area contributed by atoms with Crippen LogP contribution in [0, 0.1) is 0 Å². The number of hydrogen-bond donors (Lipinski definition) is 9. The fourth-order valence-electron chi connectivity index (χ4n) is 4.87. The van der Waals surface area contributed by atoms with Gasteiger partial charge in [0.1, 0.15) is 64.8 Å². The monoisotopic (exact) mass is 594 g/mol. The molecule has 0 saturated carbocycles. The molecule has 0 bridgehead atoms. The van der Waals surface area contributed by atoms with E-state index in [0.717, 1.165) is 12.1 Å². The molecule has 0 radical (unpaired) electrons. The number of ether oxygens (including phenoxy) is 4. The summed E-state index contributed by atoms with van der Waals surface area (Å²) in [6.07, 6.45) is -16.4. The smallest absolute Gasteiger partial charge is 0.239 e. The van der Waals surface area contributed by atoms with Crippen molar-refractivity contribution in [1.82, 2.24) is 0 Å². The first-order valence-electron chi connectivity index (χ1n) is 12.9. The zero-order valence-corrected chi connectivity index (χ0v) is 21.9. The number of hydrogen-bond acceptors (Lipinski definition) is 15. The summed E-state index contributed by atoms with van der Waals surface area (Å²) in [6.45, 7) is 0.633. The van der Waals surface area contributed by atoms with Gasteiger partial charge in [-0.3, -0.25) is 4.79 Å². The molecule has 15 nitrogen and oxygen atoms in total. The van der Waals surface area contributed by atoms with Crippen molar-refractivity contribution in [3.8, 4) is 34.3 Å². The first-order valence-corrected chi connectivity index (χ1v) is 12.9. The summed E-state index contributed by atoms with van der Waals surface area (Å²) in [7, 11) is 0. The summed E-state index contributed by atoms with van der Waals surface area (Å²) in [5.41, 5.74) is -0.934. The molecule has 10 atom stereocenters.